The first-order valence-corrected chi connectivity index (χ1v) is 4.18. The van der Waals surface area contributed by atoms with Crippen molar-refractivity contribution >= 4 is 17.2 Å². The van der Waals surface area contributed by atoms with Crippen LogP contribution in [0.15, 0.2) is 24.3 Å². The van der Waals surface area contributed by atoms with Crippen LogP contribution in [0.25, 0.3) is 10.9 Å². The van der Waals surface area contributed by atoms with Crippen molar-refractivity contribution in [1.29, 1.82) is 0 Å². The summed E-state index contributed by atoms with van der Waals surface area (Å²) < 4.78 is 1.72. The van der Waals surface area contributed by atoms with Gasteiger partial charge >= 0.3 is 0 Å². The molecule has 0 aliphatic carbocycles. The largest absolute Gasteiger partial charge is 0.301 e. The molecule has 0 unspecified atom stereocenters. The number of rotatable bonds is 2. The molecule has 3 heteroatoms. The smallest absolute Gasteiger partial charge is 0.141 e. The van der Waals surface area contributed by atoms with E-state index in [1.807, 2.05) is 31.2 Å². The van der Waals surface area contributed by atoms with E-state index in [2.05, 4.69) is 5.10 Å². The first-order chi connectivity index (χ1) is 6.33. The molecule has 0 saturated heterocycles. The number of aldehydes is 1. The maximum Gasteiger partial charge on any atom is 0.141 e. The first kappa shape index (κ1) is 7.98. The summed E-state index contributed by atoms with van der Waals surface area (Å²) in [6, 6.07) is 7.88. The zero-order valence-electron chi connectivity index (χ0n) is 7.40. The Morgan fingerprint density at radius 3 is 2.92 bits per heavy atom. The number of benzene rings is 1. The third-order valence-corrected chi connectivity index (χ3v) is 2.16. The van der Waals surface area contributed by atoms with Gasteiger partial charge in [-0.05, 0) is 13.0 Å². The van der Waals surface area contributed by atoms with Crippen LogP contribution in [0.2, 0.25) is 0 Å². The monoisotopic (exact) mass is 174 g/mol. The molecule has 0 N–H and O–H groups in total. The summed E-state index contributed by atoms with van der Waals surface area (Å²) in [5.41, 5.74) is 1.99. The fraction of sp³-hybridized carbons (Fsp3) is 0.200. The minimum atomic E-state index is 0.334. The minimum absolute atomic E-state index is 0.334. The van der Waals surface area contributed by atoms with Gasteiger partial charge in [-0.15, -0.1) is 0 Å². The molecule has 0 spiro atoms. The van der Waals surface area contributed by atoms with Crippen molar-refractivity contribution < 1.29 is 4.79 Å². The van der Waals surface area contributed by atoms with Crippen LogP contribution in [0, 0.1) is 6.92 Å². The fourth-order valence-electron chi connectivity index (χ4n) is 1.46. The molecular weight excluding hydrogens is 164 g/mol. The van der Waals surface area contributed by atoms with Crippen molar-refractivity contribution in [1.82, 2.24) is 9.78 Å². The van der Waals surface area contributed by atoms with Crippen molar-refractivity contribution in [2.45, 2.75) is 13.5 Å². The first-order valence-electron chi connectivity index (χ1n) is 4.18. The molecule has 0 bridgehead atoms. The van der Waals surface area contributed by atoms with Crippen LogP contribution in [-0.2, 0) is 11.3 Å². The summed E-state index contributed by atoms with van der Waals surface area (Å²) in [6.07, 6.45) is 0.860. The van der Waals surface area contributed by atoms with Gasteiger partial charge in [0.25, 0.3) is 0 Å². The Morgan fingerprint density at radius 2 is 2.23 bits per heavy atom. The Bertz CT molecular complexity index is 445. The van der Waals surface area contributed by atoms with E-state index in [1.54, 1.807) is 4.68 Å². The predicted molar refractivity (Wildman–Crippen MR) is 50.5 cm³/mol. The average molecular weight is 174 g/mol. The van der Waals surface area contributed by atoms with E-state index in [4.69, 9.17) is 0 Å². The molecule has 2 aromatic rings. The molecule has 1 heterocycles. The fourth-order valence-corrected chi connectivity index (χ4v) is 1.46. The highest BCUT2D eigenvalue weighted by atomic mass is 16.1. The quantitative estimate of drug-likeness (QED) is 0.647. The van der Waals surface area contributed by atoms with E-state index in [0.717, 1.165) is 22.9 Å². The molecule has 66 valence electrons. The number of aryl methyl sites for hydroxylation is 1. The highest BCUT2D eigenvalue weighted by molar-refractivity contribution is 5.81. The maximum atomic E-state index is 10.3. The normalized spacial score (nSPS) is 10.5. The second kappa shape index (κ2) is 3.01. The average Bonchev–Trinajstić information content (AvgIpc) is 2.46. The number of hydrogen-bond donors (Lipinski definition) is 0. The molecule has 0 fully saturated rings. The van der Waals surface area contributed by atoms with Crippen LogP contribution in [0.5, 0.6) is 0 Å². The molecule has 0 radical (unpaired) electrons. The Kier molecular flexibility index (Phi) is 1.85. The zero-order chi connectivity index (χ0) is 9.26. The van der Waals surface area contributed by atoms with Gasteiger partial charge in [-0.3, -0.25) is 4.68 Å². The van der Waals surface area contributed by atoms with E-state index in [-0.39, 0.29) is 0 Å². The lowest BCUT2D eigenvalue weighted by molar-refractivity contribution is -0.108. The summed E-state index contributed by atoms with van der Waals surface area (Å²) in [6.45, 7) is 2.30. The Morgan fingerprint density at radius 1 is 1.46 bits per heavy atom. The standard InChI is InChI=1S/C10H10N2O/c1-8-9-4-2-3-5-10(9)11-12(8)6-7-13/h2-5,7H,6H2,1H3. The predicted octanol–water partition coefficient (Wildman–Crippen LogP) is 1.54. The van der Waals surface area contributed by atoms with Crippen LogP contribution < -0.4 is 0 Å². The number of carbonyl (C=O) groups excluding carboxylic acids is 1. The van der Waals surface area contributed by atoms with Crippen molar-refractivity contribution in [2.24, 2.45) is 0 Å². The van der Waals surface area contributed by atoms with Gasteiger partial charge in [0.2, 0.25) is 0 Å². The second-order valence-electron chi connectivity index (χ2n) is 2.95. The SMILES string of the molecule is Cc1c2ccccc2nn1CC=O. The van der Waals surface area contributed by atoms with Crippen LogP contribution in [-0.4, -0.2) is 16.1 Å². The molecular formula is C10H10N2O. The van der Waals surface area contributed by atoms with E-state index in [0.29, 0.717) is 6.54 Å². The molecule has 0 aliphatic rings. The molecule has 2 rings (SSSR count). The highest BCUT2D eigenvalue weighted by Crippen LogP contribution is 2.16. The van der Waals surface area contributed by atoms with E-state index in [9.17, 15) is 4.79 Å². The maximum absolute atomic E-state index is 10.3. The van der Waals surface area contributed by atoms with Crippen molar-refractivity contribution in [3.8, 4) is 0 Å². The Hall–Kier alpha value is -1.64. The third-order valence-electron chi connectivity index (χ3n) is 2.16. The third kappa shape index (κ3) is 1.22. The lowest BCUT2D eigenvalue weighted by atomic mass is 10.2. The number of aromatic nitrogens is 2. The van der Waals surface area contributed by atoms with Gasteiger partial charge in [-0.1, -0.05) is 18.2 Å². The molecule has 0 atom stereocenters. The van der Waals surface area contributed by atoms with Crippen LogP contribution in [0.1, 0.15) is 5.69 Å². The van der Waals surface area contributed by atoms with Crippen LogP contribution in [0.4, 0.5) is 0 Å². The minimum Gasteiger partial charge on any atom is -0.301 e. The van der Waals surface area contributed by atoms with Crippen molar-refractivity contribution in [3.05, 3.63) is 30.0 Å². The van der Waals surface area contributed by atoms with Gasteiger partial charge in [0.1, 0.15) is 6.29 Å². The van der Waals surface area contributed by atoms with Gasteiger partial charge in [0, 0.05) is 11.1 Å². The zero-order valence-corrected chi connectivity index (χ0v) is 7.40. The molecule has 13 heavy (non-hydrogen) atoms. The molecule has 3 nitrogen and oxygen atoms in total. The van der Waals surface area contributed by atoms with E-state index >= 15 is 0 Å². The number of carbonyl (C=O) groups is 1. The summed E-state index contributed by atoms with van der Waals surface area (Å²) in [5, 5.41) is 5.40. The lowest BCUT2D eigenvalue weighted by Crippen LogP contribution is -2.02. The number of hydrogen-bond acceptors (Lipinski definition) is 2. The number of fused-ring (bicyclic) bond motifs is 1. The van der Waals surface area contributed by atoms with E-state index in [1.165, 1.54) is 0 Å². The Labute approximate surface area is 76.0 Å². The van der Waals surface area contributed by atoms with Gasteiger partial charge in [-0.2, -0.15) is 5.10 Å². The van der Waals surface area contributed by atoms with Crippen LogP contribution in [0.3, 0.4) is 0 Å². The number of nitrogens with zero attached hydrogens (tertiary/aromatic N) is 2. The summed E-state index contributed by atoms with van der Waals surface area (Å²) in [7, 11) is 0. The molecule has 1 aromatic carbocycles. The Balaban J connectivity index is 2.66. The van der Waals surface area contributed by atoms with Gasteiger partial charge < -0.3 is 4.79 Å². The van der Waals surface area contributed by atoms with Gasteiger partial charge in [-0.25, -0.2) is 0 Å². The van der Waals surface area contributed by atoms with E-state index < -0.39 is 0 Å². The lowest BCUT2D eigenvalue weighted by Gasteiger charge is -1.95. The molecule has 0 amide bonds. The van der Waals surface area contributed by atoms with Crippen molar-refractivity contribution in [2.75, 3.05) is 0 Å². The molecule has 0 aliphatic heterocycles. The highest BCUT2D eigenvalue weighted by Gasteiger charge is 2.04. The van der Waals surface area contributed by atoms with Crippen LogP contribution >= 0.6 is 0 Å². The second-order valence-corrected chi connectivity index (χ2v) is 2.95. The summed E-state index contributed by atoms with van der Waals surface area (Å²) in [5.74, 6) is 0. The van der Waals surface area contributed by atoms with Crippen molar-refractivity contribution in [3.63, 3.8) is 0 Å². The topological polar surface area (TPSA) is 34.9 Å². The molecule has 0 saturated carbocycles. The molecule has 1 aromatic heterocycles. The summed E-state index contributed by atoms with van der Waals surface area (Å²) >= 11 is 0. The van der Waals surface area contributed by atoms with Gasteiger partial charge in [0.15, 0.2) is 0 Å². The van der Waals surface area contributed by atoms with Gasteiger partial charge in [0.05, 0.1) is 12.1 Å². The summed E-state index contributed by atoms with van der Waals surface area (Å²) in [4.78, 5) is 10.3.